The first-order valence-corrected chi connectivity index (χ1v) is 7.36. The molecule has 0 saturated heterocycles. The Morgan fingerprint density at radius 2 is 2.22 bits per heavy atom. The Morgan fingerprint density at radius 3 is 2.89 bits per heavy atom. The lowest BCUT2D eigenvalue weighted by Gasteiger charge is -2.08. The summed E-state index contributed by atoms with van der Waals surface area (Å²) < 4.78 is 2.05. The highest BCUT2D eigenvalue weighted by Crippen LogP contribution is 2.15. The fourth-order valence-corrected chi connectivity index (χ4v) is 2.67. The fraction of sp³-hybridized carbons (Fsp3) is 0.500. The highest BCUT2D eigenvalue weighted by Gasteiger charge is 2.05. The number of hydrogen-bond donors (Lipinski definition) is 1. The molecule has 0 fully saturated rings. The lowest BCUT2D eigenvalue weighted by Crippen LogP contribution is -2.13. The molecule has 1 unspecified atom stereocenters. The number of aromatic nitrogens is 2. The molecule has 0 saturated carbocycles. The third-order valence-corrected chi connectivity index (χ3v) is 4.29. The third kappa shape index (κ3) is 3.21. The van der Waals surface area contributed by atoms with Crippen LogP contribution >= 0.6 is 11.3 Å². The van der Waals surface area contributed by atoms with E-state index in [-0.39, 0.29) is 0 Å². The fourth-order valence-electron chi connectivity index (χ4n) is 1.79. The molecule has 2 aromatic heterocycles. The summed E-state index contributed by atoms with van der Waals surface area (Å²) in [5.41, 5.74) is 2.49. The SMILES string of the molecule is CCC(C)n1ccc(CNCc2sccc2C)n1. The van der Waals surface area contributed by atoms with Gasteiger partial charge in [-0.05, 0) is 43.3 Å². The molecule has 1 N–H and O–H groups in total. The van der Waals surface area contributed by atoms with Crippen molar-refractivity contribution in [1.82, 2.24) is 15.1 Å². The molecule has 0 radical (unpaired) electrons. The van der Waals surface area contributed by atoms with Crippen molar-refractivity contribution in [3.63, 3.8) is 0 Å². The van der Waals surface area contributed by atoms with E-state index in [1.54, 1.807) is 0 Å². The van der Waals surface area contributed by atoms with E-state index < -0.39 is 0 Å². The van der Waals surface area contributed by atoms with E-state index in [1.807, 2.05) is 16.0 Å². The van der Waals surface area contributed by atoms with Crippen LogP contribution in [0.4, 0.5) is 0 Å². The van der Waals surface area contributed by atoms with Crippen LogP contribution in [0, 0.1) is 6.92 Å². The summed E-state index contributed by atoms with van der Waals surface area (Å²) in [5, 5.41) is 10.2. The van der Waals surface area contributed by atoms with Gasteiger partial charge >= 0.3 is 0 Å². The van der Waals surface area contributed by atoms with E-state index in [0.29, 0.717) is 6.04 Å². The molecule has 0 bridgehead atoms. The monoisotopic (exact) mass is 263 g/mol. The van der Waals surface area contributed by atoms with Crippen LogP contribution in [0.25, 0.3) is 0 Å². The van der Waals surface area contributed by atoms with Gasteiger partial charge in [-0.2, -0.15) is 5.10 Å². The zero-order valence-electron chi connectivity index (χ0n) is 11.3. The van der Waals surface area contributed by atoms with E-state index in [4.69, 9.17) is 0 Å². The lowest BCUT2D eigenvalue weighted by atomic mass is 10.3. The van der Waals surface area contributed by atoms with E-state index in [1.165, 1.54) is 10.4 Å². The van der Waals surface area contributed by atoms with Gasteiger partial charge in [0, 0.05) is 30.2 Å². The largest absolute Gasteiger partial charge is 0.306 e. The predicted octanol–water partition coefficient (Wildman–Crippen LogP) is 3.51. The number of nitrogens with one attached hydrogen (secondary N) is 1. The first-order valence-electron chi connectivity index (χ1n) is 6.48. The molecule has 1 atom stereocenters. The Kier molecular flexibility index (Phi) is 4.55. The Bertz CT molecular complexity index is 487. The summed E-state index contributed by atoms with van der Waals surface area (Å²) in [7, 11) is 0. The molecule has 18 heavy (non-hydrogen) atoms. The molecule has 3 nitrogen and oxygen atoms in total. The summed E-state index contributed by atoms with van der Waals surface area (Å²) in [5.74, 6) is 0. The molecular formula is C14H21N3S. The topological polar surface area (TPSA) is 29.9 Å². The molecule has 0 aliphatic heterocycles. The van der Waals surface area contributed by atoms with Crippen LogP contribution in [0.5, 0.6) is 0 Å². The maximum atomic E-state index is 4.58. The van der Waals surface area contributed by atoms with Gasteiger partial charge in [0.2, 0.25) is 0 Å². The van der Waals surface area contributed by atoms with Crippen molar-refractivity contribution in [2.75, 3.05) is 0 Å². The summed E-state index contributed by atoms with van der Waals surface area (Å²) in [6.07, 6.45) is 3.19. The standard InChI is InChI=1S/C14H21N3S/c1-4-12(3)17-7-5-13(16-17)9-15-10-14-11(2)6-8-18-14/h5-8,12,15H,4,9-10H2,1-3H3. The van der Waals surface area contributed by atoms with Crippen molar-refractivity contribution in [1.29, 1.82) is 0 Å². The van der Waals surface area contributed by atoms with E-state index >= 15 is 0 Å². The first-order chi connectivity index (χ1) is 8.70. The Balaban J connectivity index is 1.83. The van der Waals surface area contributed by atoms with Crippen LogP contribution in [-0.4, -0.2) is 9.78 Å². The highest BCUT2D eigenvalue weighted by molar-refractivity contribution is 7.10. The molecule has 2 heterocycles. The predicted molar refractivity (Wildman–Crippen MR) is 76.8 cm³/mol. The number of thiophene rings is 1. The number of hydrogen-bond acceptors (Lipinski definition) is 3. The smallest absolute Gasteiger partial charge is 0.0762 e. The summed E-state index contributed by atoms with van der Waals surface area (Å²) in [6, 6.07) is 4.75. The highest BCUT2D eigenvalue weighted by atomic mass is 32.1. The number of rotatable bonds is 6. The van der Waals surface area contributed by atoms with Gasteiger partial charge in [-0.3, -0.25) is 4.68 Å². The van der Waals surface area contributed by atoms with E-state index in [0.717, 1.165) is 25.2 Å². The van der Waals surface area contributed by atoms with Crippen LogP contribution in [0.1, 0.15) is 42.4 Å². The van der Waals surface area contributed by atoms with Gasteiger partial charge < -0.3 is 5.32 Å². The second-order valence-corrected chi connectivity index (χ2v) is 5.68. The van der Waals surface area contributed by atoms with Gasteiger partial charge in [-0.15, -0.1) is 11.3 Å². The van der Waals surface area contributed by atoms with Crippen molar-refractivity contribution in [3.8, 4) is 0 Å². The van der Waals surface area contributed by atoms with Crippen molar-refractivity contribution in [2.45, 2.75) is 46.3 Å². The molecule has 0 aromatic carbocycles. The summed E-state index contributed by atoms with van der Waals surface area (Å²) in [4.78, 5) is 1.41. The van der Waals surface area contributed by atoms with Gasteiger partial charge in [0.15, 0.2) is 0 Å². The summed E-state index contributed by atoms with van der Waals surface area (Å²) in [6.45, 7) is 8.30. The maximum Gasteiger partial charge on any atom is 0.0762 e. The zero-order valence-corrected chi connectivity index (χ0v) is 12.1. The molecule has 0 aliphatic carbocycles. The Morgan fingerprint density at radius 1 is 1.39 bits per heavy atom. The molecular weight excluding hydrogens is 242 g/mol. The molecule has 0 spiro atoms. The maximum absolute atomic E-state index is 4.58. The van der Waals surface area contributed by atoms with Crippen LogP contribution in [0.15, 0.2) is 23.7 Å². The van der Waals surface area contributed by atoms with Crippen LogP contribution < -0.4 is 5.32 Å². The molecule has 98 valence electrons. The van der Waals surface area contributed by atoms with Gasteiger partial charge in [-0.25, -0.2) is 0 Å². The van der Waals surface area contributed by atoms with Gasteiger partial charge in [0.1, 0.15) is 0 Å². The van der Waals surface area contributed by atoms with Crippen LogP contribution in [0.3, 0.4) is 0 Å². The summed E-state index contributed by atoms with van der Waals surface area (Å²) >= 11 is 1.81. The average Bonchev–Trinajstić information content (AvgIpc) is 2.99. The quantitative estimate of drug-likeness (QED) is 0.864. The van der Waals surface area contributed by atoms with Gasteiger partial charge in [0.25, 0.3) is 0 Å². The van der Waals surface area contributed by atoms with Crippen molar-refractivity contribution < 1.29 is 0 Å². The minimum absolute atomic E-state index is 0.485. The third-order valence-electron chi connectivity index (χ3n) is 3.27. The molecule has 0 amide bonds. The minimum Gasteiger partial charge on any atom is -0.306 e. The van der Waals surface area contributed by atoms with Crippen LogP contribution in [-0.2, 0) is 13.1 Å². The lowest BCUT2D eigenvalue weighted by molar-refractivity contribution is 0.471. The first kappa shape index (κ1) is 13.3. The van der Waals surface area contributed by atoms with E-state index in [2.05, 4.69) is 54.9 Å². The van der Waals surface area contributed by atoms with Gasteiger partial charge in [-0.1, -0.05) is 6.92 Å². The van der Waals surface area contributed by atoms with Crippen molar-refractivity contribution in [3.05, 3.63) is 39.8 Å². The molecule has 2 aromatic rings. The normalized spacial score (nSPS) is 12.8. The second-order valence-electron chi connectivity index (χ2n) is 4.67. The Hall–Kier alpha value is -1.13. The van der Waals surface area contributed by atoms with Gasteiger partial charge in [0.05, 0.1) is 5.69 Å². The average molecular weight is 263 g/mol. The molecule has 0 aliphatic rings. The minimum atomic E-state index is 0.485. The second kappa shape index (κ2) is 6.16. The molecule has 4 heteroatoms. The zero-order chi connectivity index (χ0) is 13.0. The number of aryl methyl sites for hydroxylation is 1. The van der Waals surface area contributed by atoms with Crippen molar-refractivity contribution in [2.24, 2.45) is 0 Å². The number of nitrogens with zero attached hydrogens (tertiary/aromatic N) is 2. The Labute approximate surface area is 113 Å². The van der Waals surface area contributed by atoms with E-state index in [9.17, 15) is 0 Å². The molecule has 2 rings (SSSR count). The van der Waals surface area contributed by atoms with Crippen LogP contribution in [0.2, 0.25) is 0 Å². The van der Waals surface area contributed by atoms with Crippen molar-refractivity contribution >= 4 is 11.3 Å².